The molecule has 4 nitrogen and oxygen atoms in total. The standard InChI is InChI=1S/C10H17O4/c1-3-9(2)14-10(12)6-4-5-7-13-8-11/h9H,3-7H2,1-2H3. The average molecular weight is 201 g/mol. The quantitative estimate of drug-likeness (QED) is 0.442. The van der Waals surface area contributed by atoms with Crippen LogP contribution in [0.4, 0.5) is 0 Å². The third kappa shape index (κ3) is 7.58. The monoisotopic (exact) mass is 201 g/mol. The Labute approximate surface area is 84.6 Å². The van der Waals surface area contributed by atoms with E-state index in [1.54, 1.807) is 0 Å². The fraction of sp³-hybridized carbons (Fsp3) is 0.800. The summed E-state index contributed by atoms with van der Waals surface area (Å²) in [6.07, 6.45) is 2.55. The zero-order valence-corrected chi connectivity index (χ0v) is 8.75. The Morgan fingerprint density at radius 1 is 1.43 bits per heavy atom. The minimum absolute atomic E-state index is 0.0120. The molecule has 1 atom stereocenters. The molecule has 14 heavy (non-hydrogen) atoms. The molecule has 0 fully saturated rings. The van der Waals surface area contributed by atoms with E-state index in [0.29, 0.717) is 25.9 Å². The molecule has 4 heteroatoms. The van der Waals surface area contributed by atoms with Crippen LogP contribution in [0.2, 0.25) is 0 Å². The van der Waals surface area contributed by atoms with Crippen LogP contribution in [0, 0.1) is 0 Å². The summed E-state index contributed by atoms with van der Waals surface area (Å²) in [6, 6.07) is 0. The Kier molecular flexibility index (Phi) is 7.89. The zero-order valence-electron chi connectivity index (χ0n) is 8.75. The lowest BCUT2D eigenvalue weighted by atomic mass is 10.2. The molecule has 0 spiro atoms. The van der Waals surface area contributed by atoms with E-state index in [4.69, 9.17) is 4.74 Å². The number of rotatable bonds is 8. The molecule has 0 aliphatic rings. The van der Waals surface area contributed by atoms with Gasteiger partial charge in [-0.3, -0.25) is 4.79 Å². The van der Waals surface area contributed by atoms with Gasteiger partial charge in [0.25, 0.3) is 0 Å². The summed E-state index contributed by atoms with van der Waals surface area (Å²) in [4.78, 5) is 20.8. The van der Waals surface area contributed by atoms with Gasteiger partial charge in [0.05, 0.1) is 12.7 Å². The Bertz CT molecular complexity index is 168. The normalized spacial score (nSPS) is 11.9. The Hall–Kier alpha value is -1.06. The molecule has 81 valence electrons. The van der Waals surface area contributed by atoms with Crippen molar-refractivity contribution < 1.29 is 19.1 Å². The lowest BCUT2D eigenvalue weighted by molar-refractivity contribution is -0.148. The molecular formula is C10H17O4. The Morgan fingerprint density at radius 3 is 2.71 bits per heavy atom. The second-order valence-corrected chi connectivity index (χ2v) is 3.10. The first-order valence-electron chi connectivity index (χ1n) is 4.89. The van der Waals surface area contributed by atoms with Gasteiger partial charge in [-0.15, -0.1) is 0 Å². The van der Waals surface area contributed by atoms with Gasteiger partial charge in [-0.1, -0.05) is 6.92 Å². The molecule has 1 unspecified atom stereocenters. The second kappa shape index (κ2) is 8.53. The molecule has 0 aromatic rings. The fourth-order valence-corrected chi connectivity index (χ4v) is 0.852. The summed E-state index contributed by atoms with van der Waals surface area (Å²) in [5.41, 5.74) is 0. The molecule has 0 amide bonds. The maximum atomic E-state index is 11.1. The van der Waals surface area contributed by atoms with Crippen LogP contribution in [-0.4, -0.2) is 25.2 Å². The first-order chi connectivity index (χ1) is 6.70. The van der Waals surface area contributed by atoms with Crippen molar-refractivity contribution in [2.24, 2.45) is 0 Å². The summed E-state index contributed by atoms with van der Waals surface area (Å²) in [6.45, 7) is 5.48. The highest BCUT2D eigenvalue weighted by Gasteiger charge is 2.06. The molecule has 0 saturated carbocycles. The molecule has 0 aliphatic heterocycles. The first kappa shape index (κ1) is 12.9. The van der Waals surface area contributed by atoms with Gasteiger partial charge in [-0.2, -0.15) is 0 Å². The Morgan fingerprint density at radius 2 is 2.14 bits per heavy atom. The highest BCUT2D eigenvalue weighted by molar-refractivity contribution is 5.69. The summed E-state index contributed by atoms with van der Waals surface area (Å²) in [5.74, 6) is -0.186. The maximum Gasteiger partial charge on any atom is 0.417 e. The third-order valence-corrected chi connectivity index (χ3v) is 1.84. The smallest absolute Gasteiger partial charge is 0.417 e. The van der Waals surface area contributed by atoms with E-state index in [1.165, 1.54) is 6.47 Å². The van der Waals surface area contributed by atoms with E-state index < -0.39 is 0 Å². The van der Waals surface area contributed by atoms with Crippen molar-refractivity contribution in [2.45, 2.75) is 45.6 Å². The molecule has 0 heterocycles. The lowest BCUT2D eigenvalue weighted by Gasteiger charge is -2.10. The molecule has 0 N–H and O–H groups in total. The van der Waals surface area contributed by atoms with Crippen LogP contribution in [-0.2, 0) is 19.1 Å². The highest BCUT2D eigenvalue weighted by Crippen LogP contribution is 2.02. The van der Waals surface area contributed by atoms with Crippen LogP contribution in [0.15, 0.2) is 0 Å². The average Bonchev–Trinajstić information content (AvgIpc) is 2.17. The maximum absolute atomic E-state index is 11.1. The molecule has 0 rings (SSSR count). The van der Waals surface area contributed by atoms with E-state index in [0.717, 1.165) is 6.42 Å². The van der Waals surface area contributed by atoms with Gasteiger partial charge in [-0.05, 0) is 26.2 Å². The first-order valence-corrected chi connectivity index (χ1v) is 4.89. The molecular weight excluding hydrogens is 184 g/mol. The van der Waals surface area contributed by atoms with Gasteiger partial charge in [0.2, 0.25) is 0 Å². The van der Waals surface area contributed by atoms with Crippen LogP contribution < -0.4 is 0 Å². The van der Waals surface area contributed by atoms with E-state index >= 15 is 0 Å². The van der Waals surface area contributed by atoms with Gasteiger partial charge in [0.15, 0.2) is 0 Å². The molecule has 0 aromatic carbocycles. The van der Waals surface area contributed by atoms with Crippen LogP contribution in [0.5, 0.6) is 0 Å². The van der Waals surface area contributed by atoms with Crippen LogP contribution in [0.25, 0.3) is 0 Å². The molecule has 0 aliphatic carbocycles. The SMILES string of the molecule is CCC(C)OC(=O)CCCCO[C]=O. The lowest BCUT2D eigenvalue weighted by Crippen LogP contribution is -2.13. The van der Waals surface area contributed by atoms with Gasteiger partial charge in [0, 0.05) is 6.42 Å². The van der Waals surface area contributed by atoms with E-state index in [2.05, 4.69) is 4.74 Å². The van der Waals surface area contributed by atoms with Crippen LogP contribution >= 0.6 is 0 Å². The highest BCUT2D eigenvalue weighted by atomic mass is 16.5. The van der Waals surface area contributed by atoms with Crippen LogP contribution in [0.3, 0.4) is 0 Å². The van der Waals surface area contributed by atoms with E-state index in [-0.39, 0.29) is 12.1 Å². The van der Waals surface area contributed by atoms with Crippen molar-refractivity contribution >= 4 is 12.4 Å². The van der Waals surface area contributed by atoms with Crippen molar-refractivity contribution in [2.75, 3.05) is 6.61 Å². The van der Waals surface area contributed by atoms with Crippen molar-refractivity contribution in [3.8, 4) is 0 Å². The number of carbonyl (C=O) groups is 1. The minimum atomic E-state index is -0.186. The molecule has 0 saturated heterocycles. The van der Waals surface area contributed by atoms with Crippen LogP contribution in [0.1, 0.15) is 39.5 Å². The largest absolute Gasteiger partial charge is 0.463 e. The number of carbonyl (C=O) groups excluding carboxylic acids is 2. The number of hydrogen-bond donors (Lipinski definition) is 0. The van der Waals surface area contributed by atoms with Gasteiger partial charge >= 0.3 is 12.4 Å². The van der Waals surface area contributed by atoms with Crippen molar-refractivity contribution in [3.63, 3.8) is 0 Å². The number of esters is 1. The van der Waals surface area contributed by atoms with Crippen molar-refractivity contribution in [3.05, 3.63) is 0 Å². The van der Waals surface area contributed by atoms with E-state index in [1.807, 2.05) is 13.8 Å². The minimum Gasteiger partial charge on any atom is -0.463 e. The van der Waals surface area contributed by atoms with Gasteiger partial charge in [0.1, 0.15) is 0 Å². The molecule has 1 radical (unpaired) electrons. The Balaban J connectivity index is 3.31. The summed E-state index contributed by atoms with van der Waals surface area (Å²) >= 11 is 0. The third-order valence-electron chi connectivity index (χ3n) is 1.84. The summed E-state index contributed by atoms with van der Waals surface area (Å²) < 4.78 is 9.41. The second-order valence-electron chi connectivity index (χ2n) is 3.10. The fourth-order valence-electron chi connectivity index (χ4n) is 0.852. The van der Waals surface area contributed by atoms with Crippen molar-refractivity contribution in [1.82, 2.24) is 0 Å². The topological polar surface area (TPSA) is 52.6 Å². The number of hydrogen-bond acceptors (Lipinski definition) is 4. The number of unbranched alkanes of at least 4 members (excludes halogenated alkanes) is 1. The predicted octanol–water partition coefficient (Wildman–Crippen LogP) is 1.58. The summed E-state index contributed by atoms with van der Waals surface area (Å²) in [7, 11) is 0. The summed E-state index contributed by atoms with van der Waals surface area (Å²) in [5, 5.41) is 0. The number of ether oxygens (including phenoxy) is 2. The van der Waals surface area contributed by atoms with E-state index in [9.17, 15) is 9.59 Å². The van der Waals surface area contributed by atoms with Crippen molar-refractivity contribution in [1.29, 1.82) is 0 Å². The molecule has 0 bridgehead atoms. The predicted molar refractivity (Wildman–Crippen MR) is 51.3 cm³/mol. The van der Waals surface area contributed by atoms with Gasteiger partial charge in [-0.25, -0.2) is 4.79 Å². The zero-order chi connectivity index (χ0) is 10.8. The molecule has 0 aromatic heterocycles. The van der Waals surface area contributed by atoms with Gasteiger partial charge < -0.3 is 9.47 Å².